The van der Waals surface area contributed by atoms with Crippen molar-refractivity contribution in [2.45, 2.75) is 20.0 Å². The smallest absolute Gasteiger partial charge is 0.274 e. The van der Waals surface area contributed by atoms with Gasteiger partial charge >= 0.3 is 0 Å². The molecule has 5 rings (SSSR count). The van der Waals surface area contributed by atoms with Gasteiger partial charge in [-0.25, -0.2) is 13.9 Å². The first-order chi connectivity index (χ1) is 16.0. The number of hydrogen-bond acceptors (Lipinski definition) is 5. The van der Waals surface area contributed by atoms with Crippen LogP contribution in [0.5, 0.6) is 0 Å². The average Bonchev–Trinajstić information content (AvgIpc) is 3.44. The largest absolute Gasteiger partial charge is 0.335 e. The highest BCUT2D eigenvalue weighted by Crippen LogP contribution is 2.27. The zero-order chi connectivity index (χ0) is 22.9. The predicted molar refractivity (Wildman–Crippen MR) is 125 cm³/mol. The van der Waals surface area contributed by atoms with Crippen molar-refractivity contribution in [3.63, 3.8) is 0 Å². The molecule has 1 saturated heterocycles. The normalized spacial score (nSPS) is 14.8. The molecule has 0 bridgehead atoms. The lowest BCUT2D eigenvalue weighted by Gasteiger charge is -2.34. The van der Waals surface area contributed by atoms with E-state index in [-0.39, 0.29) is 11.7 Å². The van der Waals surface area contributed by atoms with Crippen molar-refractivity contribution in [3.05, 3.63) is 70.3 Å². The number of amides is 1. The summed E-state index contributed by atoms with van der Waals surface area (Å²) in [6, 6.07) is 10.4. The van der Waals surface area contributed by atoms with E-state index in [1.165, 1.54) is 6.07 Å². The molecule has 1 fully saturated rings. The Morgan fingerprint density at radius 2 is 1.91 bits per heavy atom. The standard InChI is InChI=1S/C23H23BrFN7O/c1-2-31-15-17(24)22(28-31)20-7-8-26-21-13-19(27-32(20)21)23(33)30-11-9-29(10-12-30)14-16-5-3-4-6-18(16)25/h3-8,13,15H,2,9-12,14H2,1H3. The minimum Gasteiger partial charge on any atom is -0.335 e. The number of benzene rings is 1. The Morgan fingerprint density at radius 1 is 1.12 bits per heavy atom. The zero-order valence-electron chi connectivity index (χ0n) is 18.2. The molecule has 33 heavy (non-hydrogen) atoms. The number of fused-ring (bicyclic) bond motifs is 1. The van der Waals surface area contributed by atoms with Gasteiger partial charge < -0.3 is 4.90 Å². The molecule has 4 heterocycles. The number of halogens is 2. The molecule has 3 aromatic heterocycles. The molecule has 1 amide bonds. The molecule has 170 valence electrons. The molecule has 4 aromatic rings. The van der Waals surface area contributed by atoms with Crippen molar-refractivity contribution in [2.75, 3.05) is 26.2 Å². The van der Waals surface area contributed by atoms with Crippen LogP contribution in [0.4, 0.5) is 4.39 Å². The minimum absolute atomic E-state index is 0.129. The van der Waals surface area contributed by atoms with Crippen molar-refractivity contribution in [1.29, 1.82) is 0 Å². The zero-order valence-corrected chi connectivity index (χ0v) is 19.7. The fourth-order valence-corrected chi connectivity index (χ4v) is 4.57. The van der Waals surface area contributed by atoms with Crippen LogP contribution in [-0.4, -0.2) is 66.3 Å². The van der Waals surface area contributed by atoms with E-state index in [2.05, 4.69) is 36.0 Å². The molecule has 1 aliphatic rings. The monoisotopic (exact) mass is 511 g/mol. The fraction of sp³-hybridized carbons (Fsp3) is 0.304. The molecule has 0 atom stereocenters. The molecule has 0 saturated carbocycles. The number of rotatable bonds is 5. The quantitative estimate of drug-likeness (QED) is 0.410. The lowest BCUT2D eigenvalue weighted by Crippen LogP contribution is -2.48. The second-order valence-corrected chi connectivity index (χ2v) is 8.83. The first-order valence-corrected chi connectivity index (χ1v) is 11.7. The Morgan fingerprint density at radius 3 is 2.64 bits per heavy atom. The Bertz CT molecular complexity index is 1310. The van der Waals surface area contributed by atoms with Crippen molar-refractivity contribution in [2.24, 2.45) is 0 Å². The summed E-state index contributed by atoms with van der Waals surface area (Å²) in [4.78, 5) is 21.5. The van der Waals surface area contributed by atoms with Crippen LogP contribution in [0.25, 0.3) is 17.0 Å². The summed E-state index contributed by atoms with van der Waals surface area (Å²) in [5, 5.41) is 9.16. The van der Waals surface area contributed by atoms with Gasteiger partial charge in [0.25, 0.3) is 5.91 Å². The predicted octanol–water partition coefficient (Wildman–Crippen LogP) is 3.47. The molecule has 0 N–H and O–H groups in total. The molecule has 1 aliphatic heterocycles. The van der Waals surface area contributed by atoms with E-state index in [1.807, 2.05) is 29.9 Å². The third-order valence-electron chi connectivity index (χ3n) is 5.87. The Hall–Kier alpha value is -3.11. The van der Waals surface area contributed by atoms with Crippen LogP contribution in [0.2, 0.25) is 0 Å². The number of carbonyl (C=O) groups is 1. The van der Waals surface area contributed by atoms with Crippen LogP contribution in [0.1, 0.15) is 23.0 Å². The number of aryl methyl sites for hydroxylation is 1. The lowest BCUT2D eigenvalue weighted by molar-refractivity contribution is 0.0621. The molecule has 0 aliphatic carbocycles. The van der Waals surface area contributed by atoms with Gasteiger partial charge in [-0.2, -0.15) is 10.2 Å². The van der Waals surface area contributed by atoms with E-state index < -0.39 is 0 Å². The van der Waals surface area contributed by atoms with E-state index in [9.17, 15) is 9.18 Å². The van der Waals surface area contributed by atoms with Gasteiger partial charge in [0.2, 0.25) is 0 Å². The molecule has 10 heteroatoms. The van der Waals surface area contributed by atoms with Crippen LogP contribution in [0, 0.1) is 5.82 Å². The van der Waals surface area contributed by atoms with Crippen LogP contribution in [0.3, 0.4) is 0 Å². The first kappa shape index (κ1) is 21.7. The van der Waals surface area contributed by atoms with Gasteiger partial charge in [0.15, 0.2) is 11.3 Å². The topological polar surface area (TPSA) is 71.6 Å². The highest BCUT2D eigenvalue weighted by molar-refractivity contribution is 9.10. The van der Waals surface area contributed by atoms with E-state index in [0.717, 1.165) is 22.4 Å². The summed E-state index contributed by atoms with van der Waals surface area (Å²) in [6.07, 6.45) is 3.61. The van der Waals surface area contributed by atoms with Crippen LogP contribution in [-0.2, 0) is 13.1 Å². The Labute approximate surface area is 198 Å². The SMILES string of the molecule is CCn1cc(Br)c(-c2ccnc3cc(C(=O)N4CCN(Cc5ccccc5F)CC4)nn23)n1. The van der Waals surface area contributed by atoms with E-state index in [1.54, 1.807) is 33.8 Å². The van der Waals surface area contributed by atoms with Gasteiger partial charge in [-0.1, -0.05) is 18.2 Å². The maximum atomic E-state index is 14.0. The molecule has 0 unspecified atom stereocenters. The van der Waals surface area contributed by atoms with E-state index in [0.29, 0.717) is 49.6 Å². The fourth-order valence-electron chi connectivity index (χ4n) is 4.05. The van der Waals surface area contributed by atoms with Gasteiger partial charge in [-0.05, 0) is 35.0 Å². The third kappa shape index (κ3) is 4.28. The van der Waals surface area contributed by atoms with E-state index >= 15 is 0 Å². The number of piperazine rings is 1. The summed E-state index contributed by atoms with van der Waals surface area (Å²) in [5.41, 5.74) is 3.12. The second kappa shape index (κ2) is 9.03. The average molecular weight is 512 g/mol. The number of aromatic nitrogens is 5. The number of carbonyl (C=O) groups excluding carboxylic acids is 1. The summed E-state index contributed by atoms with van der Waals surface area (Å²) in [6.45, 7) is 5.79. The molecule has 8 nitrogen and oxygen atoms in total. The van der Waals surface area contributed by atoms with E-state index in [4.69, 9.17) is 0 Å². The second-order valence-electron chi connectivity index (χ2n) is 7.97. The highest BCUT2D eigenvalue weighted by Gasteiger charge is 2.25. The summed E-state index contributed by atoms with van der Waals surface area (Å²) >= 11 is 3.56. The van der Waals surface area contributed by atoms with Gasteiger partial charge in [0.05, 0.1) is 10.2 Å². The molecular weight excluding hydrogens is 489 g/mol. The first-order valence-electron chi connectivity index (χ1n) is 10.9. The number of hydrogen-bond donors (Lipinski definition) is 0. The Balaban J connectivity index is 1.32. The maximum Gasteiger partial charge on any atom is 0.274 e. The molecule has 1 aromatic carbocycles. The van der Waals surface area contributed by atoms with Gasteiger partial charge in [-0.15, -0.1) is 0 Å². The maximum absolute atomic E-state index is 14.0. The van der Waals surface area contributed by atoms with Crippen LogP contribution < -0.4 is 0 Å². The molecular formula is C23H23BrFN7O. The van der Waals surface area contributed by atoms with Crippen LogP contribution >= 0.6 is 15.9 Å². The van der Waals surface area contributed by atoms with Crippen molar-refractivity contribution < 1.29 is 9.18 Å². The summed E-state index contributed by atoms with van der Waals surface area (Å²) < 4.78 is 18.3. The number of nitrogens with zero attached hydrogens (tertiary/aromatic N) is 7. The van der Waals surface area contributed by atoms with Gasteiger partial charge in [0.1, 0.15) is 11.5 Å². The van der Waals surface area contributed by atoms with Crippen molar-refractivity contribution in [1.82, 2.24) is 34.2 Å². The molecule has 0 spiro atoms. The summed E-state index contributed by atoms with van der Waals surface area (Å²) in [7, 11) is 0. The minimum atomic E-state index is -0.195. The summed E-state index contributed by atoms with van der Waals surface area (Å²) in [5.74, 6) is -0.324. The Kier molecular flexibility index (Phi) is 5.94. The van der Waals surface area contributed by atoms with Crippen molar-refractivity contribution >= 4 is 27.5 Å². The van der Waals surface area contributed by atoms with Crippen LogP contribution in [0.15, 0.2) is 53.3 Å². The van der Waals surface area contributed by atoms with Crippen molar-refractivity contribution in [3.8, 4) is 11.4 Å². The van der Waals surface area contributed by atoms with Gasteiger partial charge in [0, 0.05) is 63.3 Å². The lowest BCUT2D eigenvalue weighted by atomic mass is 10.2. The third-order valence-corrected chi connectivity index (χ3v) is 6.45. The van der Waals surface area contributed by atoms with Gasteiger partial charge in [-0.3, -0.25) is 14.4 Å². The molecule has 0 radical (unpaired) electrons. The highest BCUT2D eigenvalue weighted by atomic mass is 79.9.